The Kier molecular flexibility index (Phi) is 8.64. The molecule has 0 rings (SSSR count). The molecule has 1 atom stereocenters. The van der Waals surface area contributed by atoms with E-state index in [1.165, 1.54) is 12.8 Å². The summed E-state index contributed by atoms with van der Waals surface area (Å²) in [6, 6.07) is -0.0614. The summed E-state index contributed by atoms with van der Waals surface area (Å²) in [6.45, 7) is 4.15. The third-order valence-electron chi connectivity index (χ3n) is 2.34. The van der Waals surface area contributed by atoms with Gasteiger partial charge in [-0.3, -0.25) is 4.79 Å². The zero-order chi connectivity index (χ0) is 10.8. The second kappa shape index (κ2) is 9.00. The Balaban J connectivity index is 3.44. The monoisotopic (exact) mass is 201 g/mol. The Morgan fingerprint density at radius 1 is 1.29 bits per heavy atom. The molecule has 3 nitrogen and oxygen atoms in total. The SMILES string of the molecule is CCCCCCC(=O)N[C@H](CC)CO. The summed E-state index contributed by atoms with van der Waals surface area (Å²) >= 11 is 0. The number of carbonyl (C=O) groups is 1. The van der Waals surface area contributed by atoms with E-state index in [1.54, 1.807) is 0 Å². The number of hydrogen-bond donors (Lipinski definition) is 2. The zero-order valence-corrected chi connectivity index (χ0v) is 9.38. The van der Waals surface area contributed by atoms with Gasteiger partial charge in [0.05, 0.1) is 12.6 Å². The molecule has 0 spiro atoms. The maximum atomic E-state index is 11.3. The first-order valence-corrected chi connectivity index (χ1v) is 5.64. The smallest absolute Gasteiger partial charge is 0.220 e. The molecule has 2 N–H and O–H groups in total. The quantitative estimate of drug-likeness (QED) is 0.589. The standard InChI is InChI=1S/C11H23NO2/c1-3-5-6-7-8-11(14)12-10(4-2)9-13/h10,13H,3-9H2,1-2H3,(H,12,14)/t10-/m1/s1. The lowest BCUT2D eigenvalue weighted by molar-refractivity contribution is -0.122. The Hall–Kier alpha value is -0.570. The summed E-state index contributed by atoms with van der Waals surface area (Å²) in [7, 11) is 0. The number of hydrogen-bond acceptors (Lipinski definition) is 2. The van der Waals surface area contributed by atoms with E-state index < -0.39 is 0 Å². The van der Waals surface area contributed by atoms with Gasteiger partial charge in [-0.05, 0) is 12.8 Å². The molecule has 84 valence electrons. The second-order valence-corrected chi connectivity index (χ2v) is 3.67. The van der Waals surface area contributed by atoms with Crippen molar-refractivity contribution in [2.24, 2.45) is 0 Å². The van der Waals surface area contributed by atoms with Crippen molar-refractivity contribution in [3.63, 3.8) is 0 Å². The van der Waals surface area contributed by atoms with Crippen LogP contribution in [0.15, 0.2) is 0 Å². The highest BCUT2D eigenvalue weighted by Crippen LogP contribution is 2.02. The molecule has 0 saturated carbocycles. The molecule has 14 heavy (non-hydrogen) atoms. The van der Waals surface area contributed by atoms with E-state index in [2.05, 4.69) is 12.2 Å². The van der Waals surface area contributed by atoms with Crippen molar-refractivity contribution in [3.8, 4) is 0 Å². The van der Waals surface area contributed by atoms with Crippen LogP contribution in [0.1, 0.15) is 52.4 Å². The van der Waals surface area contributed by atoms with Gasteiger partial charge >= 0.3 is 0 Å². The normalized spacial score (nSPS) is 12.5. The highest BCUT2D eigenvalue weighted by Gasteiger charge is 2.07. The van der Waals surface area contributed by atoms with Crippen molar-refractivity contribution < 1.29 is 9.90 Å². The Labute approximate surface area is 86.9 Å². The molecule has 0 aliphatic rings. The van der Waals surface area contributed by atoms with Crippen LogP contribution in [0.4, 0.5) is 0 Å². The Bertz CT molecular complexity index is 144. The second-order valence-electron chi connectivity index (χ2n) is 3.67. The van der Waals surface area contributed by atoms with E-state index >= 15 is 0 Å². The van der Waals surface area contributed by atoms with Gasteiger partial charge in [-0.15, -0.1) is 0 Å². The third kappa shape index (κ3) is 6.89. The van der Waals surface area contributed by atoms with Crippen molar-refractivity contribution in [2.45, 2.75) is 58.4 Å². The van der Waals surface area contributed by atoms with Crippen molar-refractivity contribution >= 4 is 5.91 Å². The van der Waals surface area contributed by atoms with E-state index in [1.807, 2.05) is 6.92 Å². The number of nitrogens with one attached hydrogen (secondary N) is 1. The maximum Gasteiger partial charge on any atom is 0.220 e. The van der Waals surface area contributed by atoms with Crippen molar-refractivity contribution in [1.82, 2.24) is 5.32 Å². The lowest BCUT2D eigenvalue weighted by Gasteiger charge is -2.13. The first-order valence-electron chi connectivity index (χ1n) is 5.64. The van der Waals surface area contributed by atoms with Crippen molar-refractivity contribution in [2.75, 3.05) is 6.61 Å². The first-order chi connectivity index (χ1) is 6.74. The van der Waals surface area contributed by atoms with Gasteiger partial charge in [0.1, 0.15) is 0 Å². The summed E-state index contributed by atoms with van der Waals surface area (Å²) < 4.78 is 0. The van der Waals surface area contributed by atoms with E-state index in [0.29, 0.717) is 6.42 Å². The predicted octanol–water partition coefficient (Wildman–Crippen LogP) is 1.84. The fourth-order valence-electron chi connectivity index (χ4n) is 1.29. The topological polar surface area (TPSA) is 49.3 Å². The van der Waals surface area contributed by atoms with Gasteiger partial charge in [0.25, 0.3) is 0 Å². The molecular formula is C11H23NO2. The minimum absolute atomic E-state index is 0.0389. The van der Waals surface area contributed by atoms with Crippen LogP contribution in [0.3, 0.4) is 0 Å². The van der Waals surface area contributed by atoms with E-state index in [0.717, 1.165) is 19.3 Å². The minimum atomic E-state index is -0.0614. The Morgan fingerprint density at radius 3 is 2.50 bits per heavy atom. The summed E-state index contributed by atoms with van der Waals surface area (Å²) in [6.07, 6.45) is 5.86. The molecule has 0 fully saturated rings. The number of carbonyl (C=O) groups excluding carboxylic acids is 1. The third-order valence-corrected chi connectivity index (χ3v) is 2.34. The van der Waals surface area contributed by atoms with Crippen molar-refractivity contribution in [1.29, 1.82) is 0 Å². The lowest BCUT2D eigenvalue weighted by atomic mass is 10.1. The van der Waals surface area contributed by atoms with Crippen LogP contribution in [0, 0.1) is 0 Å². The fourth-order valence-corrected chi connectivity index (χ4v) is 1.29. The van der Waals surface area contributed by atoms with E-state index in [4.69, 9.17) is 5.11 Å². The number of amides is 1. The summed E-state index contributed by atoms with van der Waals surface area (Å²) in [5, 5.41) is 11.7. The van der Waals surface area contributed by atoms with Gasteiger partial charge in [0.2, 0.25) is 5.91 Å². The number of aliphatic hydroxyl groups excluding tert-OH is 1. The maximum absolute atomic E-state index is 11.3. The molecule has 3 heteroatoms. The molecule has 0 radical (unpaired) electrons. The predicted molar refractivity (Wildman–Crippen MR) is 58.1 cm³/mol. The van der Waals surface area contributed by atoms with Crippen LogP contribution in [-0.4, -0.2) is 23.7 Å². The van der Waals surface area contributed by atoms with Gasteiger partial charge in [-0.2, -0.15) is 0 Å². The molecule has 0 bridgehead atoms. The highest BCUT2D eigenvalue weighted by molar-refractivity contribution is 5.76. The average Bonchev–Trinajstić information content (AvgIpc) is 2.21. The number of unbranched alkanes of at least 4 members (excludes halogenated alkanes) is 3. The summed E-state index contributed by atoms with van der Waals surface area (Å²) in [4.78, 5) is 11.3. The zero-order valence-electron chi connectivity index (χ0n) is 9.38. The van der Waals surface area contributed by atoms with Crippen LogP contribution >= 0.6 is 0 Å². The van der Waals surface area contributed by atoms with Crippen molar-refractivity contribution in [3.05, 3.63) is 0 Å². The van der Waals surface area contributed by atoms with E-state index in [9.17, 15) is 4.79 Å². The molecule has 0 aromatic carbocycles. The molecule has 0 saturated heterocycles. The molecular weight excluding hydrogens is 178 g/mol. The lowest BCUT2D eigenvalue weighted by Crippen LogP contribution is -2.36. The van der Waals surface area contributed by atoms with Gasteiger partial charge in [0.15, 0.2) is 0 Å². The molecule has 0 unspecified atom stereocenters. The fraction of sp³-hybridized carbons (Fsp3) is 0.909. The molecule has 0 aromatic rings. The van der Waals surface area contributed by atoms with Crippen LogP contribution in [-0.2, 0) is 4.79 Å². The van der Waals surface area contributed by atoms with Crippen LogP contribution in [0.5, 0.6) is 0 Å². The molecule has 0 aliphatic heterocycles. The van der Waals surface area contributed by atoms with Crippen LogP contribution < -0.4 is 5.32 Å². The molecule has 1 amide bonds. The summed E-state index contributed by atoms with van der Waals surface area (Å²) in [5.74, 6) is 0.0713. The van der Waals surface area contributed by atoms with Gasteiger partial charge in [-0.25, -0.2) is 0 Å². The first kappa shape index (κ1) is 13.4. The number of rotatable bonds is 8. The van der Waals surface area contributed by atoms with Crippen LogP contribution in [0.25, 0.3) is 0 Å². The molecule has 0 aliphatic carbocycles. The van der Waals surface area contributed by atoms with Gasteiger partial charge in [0, 0.05) is 6.42 Å². The van der Waals surface area contributed by atoms with Gasteiger partial charge in [-0.1, -0.05) is 33.1 Å². The average molecular weight is 201 g/mol. The van der Waals surface area contributed by atoms with Gasteiger partial charge < -0.3 is 10.4 Å². The Morgan fingerprint density at radius 2 is 2.00 bits per heavy atom. The minimum Gasteiger partial charge on any atom is -0.394 e. The molecule has 0 aromatic heterocycles. The van der Waals surface area contributed by atoms with Crippen LogP contribution in [0.2, 0.25) is 0 Å². The molecule has 0 heterocycles. The number of aliphatic hydroxyl groups is 1. The van der Waals surface area contributed by atoms with E-state index in [-0.39, 0.29) is 18.6 Å². The highest BCUT2D eigenvalue weighted by atomic mass is 16.3. The largest absolute Gasteiger partial charge is 0.394 e. The summed E-state index contributed by atoms with van der Waals surface area (Å²) in [5.41, 5.74) is 0.